The number of fused-ring (bicyclic) bond motifs is 1. The molecule has 1 saturated carbocycles. The molecule has 2 aromatic heterocycles. The molecule has 0 bridgehead atoms. The topological polar surface area (TPSA) is 164 Å². The monoisotopic (exact) mass is 469 g/mol. The van der Waals surface area contributed by atoms with Crippen LogP contribution in [0.4, 0.5) is 0 Å². The average molecular weight is 469 g/mol. The van der Waals surface area contributed by atoms with Crippen molar-refractivity contribution in [3.05, 3.63) is 63.6 Å². The Kier molecular flexibility index (Phi) is 5.61. The van der Waals surface area contributed by atoms with Crippen molar-refractivity contribution >= 4 is 26.9 Å². The first-order valence-corrected chi connectivity index (χ1v) is 11.3. The summed E-state index contributed by atoms with van der Waals surface area (Å²) in [5.74, 6) is -0.670. The molecule has 1 aliphatic rings. The Morgan fingerprint density at radius 1 is 1.33 bits per heavy atom. The number of rotatable bonds is 7. The number of nitrogens with one attached hydrogen (secondary N) is 1. The number of aromatic nitrogens is 3. The van der Waals surface area contributed by atoms with Gasteiger partial charge in [-0.3, -0.25) is 14.1 Å². The molecule has 4 rings (SSSR count). The Labute approximate surface area is 188 Å². The van der Waals surface area contributed by atoms with Gasteiger partial charge in [0, 0.05) is 19.0 Å². The zero-order chi connectivity index (χ0) is 23.8. The van der Waals surface area contributed by atoms with Crippen LogP contribution in [0.2, 0.25) is 0 Å². The lowest BCUT2D eigenvalue weighted by Crippen LogP contribution is -2.33. The highest BCUT2D eigenvalue weighted by Gasteiger charge is 2.55. The van der Waals surface area contributed by atoms with Crippen LogP contribution < -0.4 is 15.6 Å². The van der Waals surface area contributed by atoms with Crippen LogP contribution in [0.15, 0.2) is 41.3 Å². The molecule has 12 heteroatoms. The van der Waals surface area contributed by atoms with Gasteiger partial charge in [-0.05, 0) is 36.6 Å². The number of hydrogen-bond acceptors (Lipinski definition) is 8. The van der Waals surface area contributed by atoms with Crippen molar-refractivity contribution in [2.45, 2.75) is 24.1 Å². The molecule has 0 saturated heterocycles. The number of nitrogens with zero attached hydrogens (tertiary/aromatic N) is 4. The van der Waals surface area contributed by atoms with Crippen molar-refractivity contribution in [3.8, 4) is 11.9 Å². The zero-order valence-corrected chi connectivity index (χ0v) is 18.3. The van der Waals surface area contributed by atoms with Crippen LogP contribution >= 0.6 is 0 Å². The van der Waals surface area contributed by atoms with E-state index in [4.69, 9.17) is 10.00 Å². The smallest absolute Gasteiger partial charge is 0.274 e. The van der Waals surface area contributed by atoms with Gasteiger partial charge in [-0.1, -0.05) is 12.1 Å². The number of aryl methyl sites for hydroxylation is 1. The maximum Gasteiger partial charge on any atom is 0.274 e. The number of hydrogen-bond donors (Lipinski definition) is 2. The maximum atomic E-state index is 12.9. The second-order valence-electron chi connectivity index (χ2n) is 7.81. The molecule has 1 aliphatic carbocycles. The van der Waals surface area contributed by atoms with Crippen LogP contribution in [0.3, 0.4) is 0 Å². The number of pyridine rings is 1. The maximum absolute atomic E-state index is 12.9. The van der Waals surface area contributed by atoms with Crippen LogP contribution in [0.1, 0.15) is 34.3 Å². The largest absolute Gasteiger partial charge is 0.473 e. The van der Waals surface area contributed by atoms with Crippen LogP contribution in [0.5, 0.6) is 5.88 Å². The summed E-state index contributed by atoms with van der Waals surface area (Å²) in [6.07, 6.45) is 1.87. The summed E-state index contributed by atoms with van der Waals surface area (Å²) in [7, 11) is -2.86. The van der Waals surface area contributed by atoms with Crippen molar-refractivity contribution in [1.29, 1.82) is 5.26 Å². The van der Waals surface area contributed by atoms with Crippen molar-refractivity contribution in [3.63, 3.8) is 0 Å². The highest BCUT2D eigenvalue weighted by atomic mass is 32.2. The molecular formula is C21H19N5O6S. The third-order valence-corrected chi connectivity index (χ3v) is 7.22. The summed E-state index contributed by atoms with van der Waals surface area (Å²) in [4.78, 5) is 25.6. The molecule has 2 N–H and O–H groups in total. The third kappa shape index (κ3) is 4.28. The van der Waals surface area contributed by atoms with E-state index in [1.54, 1.807) is 24.3 Å². The Morgan fingerprint density at radius 2 is 2.03 bits per heavy atom. The Balaban J connectivity index is 1.58. The van der Waals surface area contributed by atoms with E-state index in [0.29, 0.717) is 10.9 Å². The molecule has 0 aliphatic heterocycles. The fraction of sp³-hybridized carbons (Fsp3) is 0.286. The van der Waals surface area contributed by atoms with Gasteiger partial charge in [0.2, 0.25) is 0 Å². The van der Waals surface area contributed by atoms with E-state index in [2.05, 4.69) is 15.5 Å². The molecule has 3 aromatic rings. The van der Waals surface area contributed by atoms with Gasteiger partial charge in [0.15, 0.2) is 0 Å². The fourth-order valence-corrected chi connectivity index (χ4v) is 4.19. The second kappa shape index (κ2) is 8.27. The molecule has 1 aromatic carbocycles. The summed E-state index contributed by atoms with van der Waals surface area (Å²) in [6, 6.07) is 10.0. The van der Waals surface area contributed by atoms with E-state index in [1.807, 2.05) is 6.07 Å². The molecule has 0 radical (unpaired) electrons. The summed E-state index contributed by atoms with van der Waals surface area (Å²) >= 11 is 0. The summed E-state index contributed by atoms with van der Waals surface area (Å²) in [5, 5.41) is 19.6. The van der Waals surface area contributed by atoms with Gasteiger partial charge in [-0.2, -0.15) is 18.8 Å². The highest BCUT2D eigenvalue weighted by molar-refractivity contribution is 7.87. The first-order chi connectivity index (χ1) is 15.6. The van der Waals surface area contributed by atoms with Gasteiger partial charge < -0.3 is 14.6 Å². The standard InChI is InChI=1S/C21H19N5O6S/c1-26-17-15(11-24-25-19(17)32-12-21(6-7-21)33(29,30)31)8-16(20(26)28)18(27)23-10-14-4-2-13(9-22)3-5-14/h2-5,8,11H,6-7,10,12H2,1H3,(H,23,27)(H,29,30,31). The quantitative estimate of drug-likeness (QED) is 0.479. The van der Waals surface area contributed by atoms with Gasteiger partial charge in [-0.15, -0.1) is 5.10 Å². The number of nitriles is 1. The minimum absolute atomic E-state index is 0.0773. The summed E-state index contributed by atoms with van der Waals surface area (Å²) < 4.78 is 37.9. The Hall–Kier alpha value is -3.82. The van der Waals surface area contributed by atoms with E-state index < -0.39 is 26.3 Å². The SMILES string of the molecule is Cn1c(=O)c(C(=O)NCc2ccc(C#N)cc2)cc2cnnc(OCC3(S(=O)(=O)O)CC3)c21. The molecule has 2 heterocycles. The molecule has 33 heavy (non-hydrogen) atoms. The number of amides is 1. The first-order valence-electron chi connectivity index (χ1n) is 9.88. The van der Waals surface area contributed by atoms with Crippen molar-refractivity contribution in [2.24, 2.45) is 7.05 Å². The predicted octanol–water partition coefficient (Wildman–Crippen LogP) is 0.929. The fourth-order valence-electron chi connectivity index (χ4n) is 3.37. The lowest BCUT2D eigenvalue weighted by molar-refractivity contribution is 0.0949. The lowest BCUT2D eigenvalue weighted by atomic mass is 10.1. The van der Waals surface area contributed by atoms with E-state index in [0.717, 1.165) is 5.56 Å². The molecule has 0 atom stereocenters. The first kappa shape index (κ1) is 22.4. The van der Waals surface area contributed by atoms with Crippen LogP contribution in [-0.2, 0) is 23.7 Å². The normalized spacial score (nSPS) is 14.5. The van der Waals surface area contributed by atoms with Gasteiger partial charge in [-0.25, -0.2) is 0 Å². The predicted molar refractivity (Wildman–Crippen MR) is 116 cm³/mol. The summed E-state index contributed by atoms with van der Waals surface area (Å²) in [6.45, 7) is -0.174. The number of carbonyl (C=O) groups is 1. The molecule has 1 amide bonds. The Morgan fingerprint density at radius 3 is 2.64 bits per heavy atom. The van der Waals surface area contributed by atoms with Crippen molar-refractivity contribution in [1.82, 2.24) is 20.1 Å². The summed E-state index contributed by atoms with van der Waals surface area (Å²) in [5.41, 5.74) is 0.777. The lowest BCUT2D eigenvalue weighted by Gasteiger charge is -2.15. The molecule has 0 spiro atoms. The highest BCUT2D eigenvalue weighted by Crippen LogP contribution is 2.43. The molecule has 0 unspecified atom stereocenters. The van der Waals surface area contributed by atoms with Crippen LogP contribution in [0, 0.1) is 11.3 Å². The zero-order valence-electron chi connectivity index (χ0n) is 17.5. The van der Waals surface area contributed by atoms with Gasteiger partial charge in [0.1, 0.15) is 22.4 Å². The Bertz CT molecular complexity index is 1450. The van der Waals surface area contributed by atoms with E-state index in [1.165, 1.54) is 23.9 Å². The minimum atomic E-state index is -4.29. The molecule has 170 valence electrons. The third-order valence-electron chi connectivity index (χ3n) is 5.60. The molecule has 11 nitrogen and oxygen atoms in total. The molecular weight excluding hydrogens is 450 g/mol. The van der Waals surface area contributed by atoms with E-state index in [-0.39, 0.29) is 43.0 Å². The number of ether oxygens (including phenoxy) is 1. The average Bonchev–Trinajstić information content (AvgIpc) is 3.60. The molecule has 1 fully saturated rings. The van der Waals surface area contributed by atoms with E-state index in [9.17, 15) is 22.6 Å². The minimum Gasteiger partial charge on any atom is -0.473 e. The van der Waals surface area contributed by atoms with Crippen molar-refractivity contribution < 1.29 is 22.5 Å². The van der Waals surface area contributed by atoms with Crippen molar-refractivity contribution in [2.75, 3.05) is 6.61 Å². The number of carbonyl (C=O) groups excluding carboxylic acids is 1. The number of benzene rings is 1. The van der Waals surface area contributed by atoms with Crippen LogP contribution in [0.25, 0.3) is 10.9 Å². The van der Waals surface area contributed by atoms with Crippen LogP contribution in [-0.4, -0.2) is 45.0 Å². The van der Waals surface area contributed by atoms with E-state index >= 15 is 0 Å². The second-order valence-corrected chi connectivity index (χ2v) is 9.63. The van der Waals surface area contributed by atoms with Gasteiger partial charge in [0.05, 0.1) is 17.8 Å². The van der Waals surface area contributed by atoms with Gasteiger partial charge in [0.25, 0.3) is 27.5 Å². The van der Waals surface area contributed by atoms with Gasteiger partial charge >= 0.3 is 0 Å².